The zero-order chi connectivity index (χ0) is 8.97. The molecule has 3 nitrogen and oxygen atoms in total. The van der Waals surface area contributed by atoms with Crippen LogP contribution in [-0.4, -0.2) is 30.3 Å². The van der Waals surface area contributed by atoms with Gasteiger partial charge in [-0.2, -0.15) is 0 Å². The van der Waals surface area contributed by atoms with Gasteiger partial charge in [-0.15, -0.1) is 0 Å². The Bertz CT molecular complexity index is 203. The predicted molar refractivity (Wildman–Crippen MR) is 50.6 cm³/mol. The maximum absolute atomic E-state index is 11.2. The third kappa shape index (κ3) is 2.58. The van der Waals surface area contributed by atoms with Gasteiger partial charge in [0.1, 0.15) is 0 Å². The molecule has 1 rings (SSSR count). The summed E-state index contributed by atoms with van der Waals surface area (Å²) in [5.41, 5.74) is 0.776. The molecule has 0 aromatic heterocycles. The molecule has 0 aromatic carbocycles. The van der Waals surface area contributed by atoms with E-state index in [2.05, 4.69) is 9.39 Å². The first kappa shape index (κ1) is 9.69. The summed E-state index contributed by atoms with van der Waals surface area (Å²) in [5, 5.41) is 0. The molecule has 0 saturated carbocycles. The highest BCUT2D eigenvalue weighted by Crippen LogP contribution is 2.13. The van der Waals surface area contributed by atoms with E-state index in [9.17, 15) is 4.79 Å². The Morgan fingerprint density at radius 1 is 1.83 bits per heavy atom. The number of esters is 1. The van der Waals surface area contributed by atoms with Crippen molar-refractivity contribution in [2.24, 2.45) is 0 Å². The van der Waals surface area contributed by atoms with Gasteiger partial charge < -0.3 is 4.74 Å². The lowest BCUT2D eigenvalue weighted by molar-refractivity contribution is -0.138. The molecule has 0 aromatic rings. The summed E-state index contributed by atoms with van der Waals surface area (Å²) in [6, 6.07) is 0. The molecule has 1 aliphatic heterocycles. The summed E-state index contributed by atoms with van der Waals surface area (Å²) in [4.78, 5) is 11.2. The summed E-state index contributed by atoms with van der Waals surface area (Å²) in [5.74, 6) is -0.176. The van der Waals surface area contributed by atoms with Gasteiger partial charge >= 0.3 is 5.97 Å². The lowest BCUT2D eigenvalue weighted by Gasteiger charge is -2.21. The fourth-order valence-electron chi connectivity index (χ4n) is 1.14. The van der Waals surface area contributed by atoms with Gasteiger partial charge in [0.05, 0.1) is 6.61 Å². The molecule has 1 heterocycles. The Kier molecular flexibility index (Phi) is 3.70. The summed E-state index contributed by atoms with van der Waals surface area (Å²) in [7, 11) is 2.60. The molecule has 0 amide bonds. The average Bonchev–Trinajstić information content (AvgIpc) is 2.05. The molecule has 0 radical (unpaired) electrons. The summed E-state index contributed by atoms with van der Waals surface area (Å²) >= 11 is 0. The largest absolute Gasteiger partial charge is 0.463 e. The van der Waals surface area contributed by atoms with E-state index in [0.717, 1.165) is 18.5 Å². The quantitative estimate of drug-likeness (QED) is 0.476. The highest BCUT2D eigenvalue weighted by Gasteiger charge is 2.15. The molecule has 0 spiro atoms. The fourth-order valence-corrected chi connectivity index (χ4v) is 1.48. The minimum absolute atomic E-state index is 0.176. The second-order valence-corrected chi connectivity index (χ2v) is 3.44. The predicted octanol–water partition coefficient (Wildman–Crippen LogP) is 0.972. The van der Waals surface area contributed by atoms with Crippen LogP contribution < -0.4 is 0 Å². The normalized spacial score (nSPS) is 18.7. The molecule has 12 heavy (non-hydrogen) atoms. The van der Waals surface area contributed by atoms with Crippen LogP contribution in [0.15, 0.2) is 11.6 Å². The monoisotopic (exact) mass is 187 g/mol. The van der Waals surface area contributed by atoms with Crippen molar-refractivity contribution in [2.45, 2.75) is 13.3 Å². The van der Waals surface area contributed by atoms with E-state index in [4.69, 9.17) is 4.74 Å². The van der Waals surface area contributed by atoms with Gasteiger partial charge in [-0.05, 0) is 13.3 Å². The fraction of sp³-hybridized carbons (Fsp3) is 0.625. The third-order valence-corrected chi connectivity index (χ3v) is 2.16. The third-order valence-electron chi connectivity index (χ3n) is 1.72. The first-order valence-corrected chi connectivity index (χ1v) is 4.61. The van der Waals surface area contributed by atoms with E-state index < -0.39 is 0 Å². The van der Waals surface area contributed by atoms with Gasteiger partial charge in [0.2, 0.25) is 0 Å². The molecule has 0 saturated heterocycles. The van der Waals surface area contributed by atoms with Crippen LogP contribution in [0.5, 0.6) is 0 Å². The van der Waals surface area contributed by atoms with Crippen molar-refractivity contribution in [2.75, 3.05) is 19.7 Å². The van der Waals surface area contributed by atoms with Crippen molar-refractivity contribution >= 4 is 15.4 Å². The standard InChI is InChI=1S/C8H14NO2P/c1-2-11-8(10)7-4-3-5-9(12)6-7/h4H,2-3,5-6,12H2,1H3. The first-order chi connectivity index (χ1) is 5.74. The van der Waals surface area contributed by atoms with Gasteiger partial charge in [0.15, 0.2) is 0 Å². The molecular weight excluding hydrogens is 173 g/mol. The highest BCUT2D eigenvalue weighted by molar-refractivity contribution is 7.13. The molecule has 4 heteroatoms. The van der Waals surface area contributed by atoms with Crippen molar-refractivity contribution in [1.82, 2.24) is 4.67 Å². The summed E-state index contributed by atoms with van der Waals surface area (Å²) < 4.78 is 6.92. The zero-order valence-electron chi connectivity index (χ0n) is 7.25. The smallest absolute Gasteiger partial charge is 0.335 e. The molecule has 0 aliphatic carbocycles. The van der Waals surface area contributed by atoms with Gasteiger partial charge in [-0.25, -0.2) is 4.79 Å². The van der Waals surface area contributed by atoms with Crippen LogP contribution in [0.3, 0.4) is 0 Å². The van der Waals surface area contributed by atoms with E-state index >= 15 is 0 Å². The van der Waals surface area contributed by atoms with Crippen LogP contribution in [0.1, 0.15) is 13.3 Å². The highest BCUT2D eigenvalue weighted by atomic mass is 31.0. The van der Waals surface area contributed by atoms with Gasteiger partial charge in [0.25, 0.3) is 0 Å². The van der Waals surface area contributed by atoms with Crippen LogP contribution in [0, 0.1) is 0 Å². The molecule has 0 bridgehead atoms. The van der Waals surface area contributed by atoms with Crippen LogP contribution >= 0.6 is 9.39 Å². The first-order valence-electron chi connectivity index (χ1n) is 4.10. The van der Waals surface area contributed by atoms with E-state index in [0.29, 0.717) is 13.2 Å². The lowest BCUT2D eigenvalue weighted by atomic mass is 10.1. The molecule has 0 fully saturated rings. The van der Waals surface area contributed by atoms with Crippen LogP contribution in [0.2, 0.25) is 0 Å². The number of hydrogen-bond donors (Lipinski definition) is 0. The van der Waals surface area contributed by atoms with Crippen molar-refractivity contribution in [3.05, 3.63) is 11.6 Å². The number of ether oxygens (including phenoxy) is 1. The Hall–Kier alpha value is -0.400. The second kappa shape index (κ2) is 4.58. The Morgan fingerprint density at radius 2 is 2.58 bits per heavy atom. The van der Waals surface area contributed by atoms with E-state index in [1.807, 2.05) is 17.7 Å². The number of hydrogen-bond acceptors (Lipinski definition) is 3. The second-order valence-electron chi connectivity index (χ2n) is 2.71. The minimum Gasteiger partial charge on any atom is -0.463 e. The SMILES string of the molecule is CCOC(=O)C1=CCCN(P)C1. The lowest BCUT2D eigenvalue weighted by Crippen LogP contribution is -2.25. The van der Waals surface area contributed by atoms with Crippen molar-refractivity contribution in [3.8, 4) is 0 Å². The van der Waals surface area contributed by atoms with Crippen molar-refractivity contribution in [3.63, 3.8) is 0 Å². The molecule has 1 unspecified atom stereocenters. The van der Waals surface area contributed by atoms with Crippen LogP contribution in [0.25, 0.3) is 0 Å². The number of carbonyl (C=O) groups excluding carboxylic acids is 1. The average molecular weight is 187 g/mol. The molecular formula is C8H14NO2P. The molecule has 0 N–H and O–H groups in total. The van der Waals surface area contributed by atoms with Crippen molar-refractivity contribution in [1.29, 1.82) is 0 Å². The Labute approximate surface area is 75.0 Å². The molecule has 1 atom stereocenters. The summed E-state index contributed by atoms with van der Waals surface area (Å²) in [6.07, 6.45) is 2.89. The Morgan fingerprint density at radius 3 is 3.17 bits per heavy atom. The van der Waals surface area contributed by atoms with Gasteiger partial charge in [0, 0.05) is 18.7 Å². The maximum Gasteiger partial charge on any atom is 0.335 e. The minimum atomic E-state index is -0.176. The maximum atomic E-state index is 11.2. The van der Waals surface area contributed by atoms with Crippen LogP contribution in [0.4, 0.5) is 0 Å². The Balaban J connectivity index is 2.50. The number of rotatable bonds is 2. The number of carbonyl (C=O) groups is 1. The van der Waals surface area contributed by atoms with E-state index in [1.54, 1.807) is 0 Å². The van der Waals surface area contributed by atoms with Crippen molar-refractivity contribution < 1.29 is 9.53 Å². The molecule has 1 aliphatic rings. The number of nitrogens with zero attached hydrogens (tertiary/aromatic N) is 1. The molecule has 68 valence electrons. The van der Waals surface area contributed by atoms with Gasteiger partial charge in [-0.1, -0.05) is 15.5 Å². The van der Waals surface area contributed by atoms with E-state index in [-0.39, 0.29) is 5.97 Å². The topological polar surface area (TPSA) is 29.5 Å². The van der Waals surface area contributed by atoms with Gasteiger partial charge in [-0.3, -0.25) is 4.67 Å². The zero-order valence-corrected chi connectivity index (χ0v) is 8.40. The van der Waals surface area contributed by atoms with Crippen LogP contribution in [-0.2, 0) is 9.53 Å². The van der Waals surface area contributed by atoms with E-state index in [1.165, 1.54) is 0 Å². The summed E-state index contributed by atoms with van der Waals surface area (Å²) in [6.45, 7) is 3.95.